The van der Waals surface area contributed by atoms with Crippen molar-refractivity contribution in [3.63, 3.8) is 0 Å². The molecule has 0 atom stereocenters. The van der Waals surface area contributed by atoms with E-state index in [0.717, 1.165) is 12.8 Å². The SMILES string of the molecule is CCC/C=C/C(=O)n1cccc1. The lowest BCUT2D eigenvalue weighted by atomic mass is 10.3. The molecule has 0 amide bonds. The molecule has 0 radical (unpaired) electrons. The van der Waals surface area contributed by atoms with E-state index in [1.165, 1.54) is 0 Å². The molecule has 1 heterocycles. The third-order valence-electron chi connectivity index (χ3n) is 1.57. The average Bonchev–Trinajstić information content (AvgIpc) is 2.56. The third-order valence-corrected chi connectivity index (χ3v) is 1.57. The highest BCUT2D eigenvalue weighted by Gasteiger charge is 1.94. The lowest BCUT2D eigenvalue weighted by Crippen LogP contribution is -2.03. The summed E-state index contributed by atoms with van der Waals surface area (Å²) >= 11 is 0. The lowest BCUT2D eigenvalue weighted by molar-refractivity contribution is 0.0969. The minimum atomic E-state index is 0.0217. The van der Waals surface area contributed by atoms with Crippen LogP contribution in [0.1, 0.15) is 24.6 Å². The summed E-state index contributed by atoms with van der Waals surface area (Å²) in [6.07, 6.45) is 9.06. The molecule has 0 spiro atoms. The fourth-order valence-electron chi connectivity index (χ4n) is 0.918. The highest BCUT2D eigenvalue weighted by Crippen LogP contribution is 1.93. The third kappa shape index (κ3) is 2.38. The van der Waals surface area contributed by atoms with Crippen molar-refractivity contribution in [2.75, 3.05) is 0 Å². The van der Waals surface area contributed by atoms with E-state index in [4.69, 9.17) is 0 Å². The van der Waals surface area contributed by atoms with Gasteiger partial charge in [0.05, 0.1) is 0 Å². The molecule has 0 bridgehead atoms. The van der Waals surface area contributed by atoms with Crippen LogP contribution in [0.2, 0.25) is 0 Å². The summed E-state index contributed by atoms with van der Waals surface area (Å²) in [6, 6.07) is 3.68. The summed E-state index contributed by atoms with van der Waals surface area (Å²) in [4.78, 5) is 11.3. The first-order chi connectivity index (χ1) is 5.84. The molecule has 1 rings (SSSR count). The number of carbonyl (C=O) groups excluding carboxylic acids is 1. The van der Waals surface area contributed by atoms with Crippen LogP contribution in [0, 0.1) is 0 Å². The van der Waals surface area contributed by atoms with Crippen LogP contribution in [0.15, 0.2) is 36.7 Å². The monoisotopic (exact) mass is 163 g/mol. The number of rotatable bonds is 3. The fraction of sp³-hybridized carbons (Fsp3) is 0.300. The highest BCUT2D eigenvalue weighted by molar-refractivity contribution is 5.89. The van der Waals surface area contributed by atoms with Gasteiger partial charge in [0, 0.05) is 12.4 Å². The quantitative estimate of drug-likeness (QED) is 0.627. The second-order valence-electron chi connectivity index (χ2n) is 2.62. The first kappa shape index (κ1) is 8.78. The van der Waals surface area contributed by atoms with Gasteiger partial charge in [0.1, 0.15) is 0 Å². The molecule has 0 aromatic carbocycles. The molecule has 12 heavy (non-hydrogen) atoms. The maximum atomic E-state index is 11.3. The smallest absolute Gasteiger partial charge is 0.254 e. The Morgan fingerprint density at radius 1 is 1.42 bits per heavy atom. The lowest BCUT2D eigenvalue weighted by Gasteiger charge is -1.93. The Hall–Kier alpha value is -1.31. The van der Waals surface area contributed by atoms with Crippen LogP contribution in [0.25, 0.3) is 0 Å². The van der Waals surface area contributed by atoms with Crippen LogP contribution < -0.4 is 0 Å². The first-order valence-corrected chi connectivity index (χ1v) is 4.18. The van der Waals surface area contributed by atoms with Crippen LogP contribution in [-0.2, 0) is 0 Å². The van der Waals surface area contributed by atoms with E-state index in [0.29, 0.717) is 0 Å². The summed E-state index contributed by atoms with van der Waals surface area (Å²) in [7, 11) is 0. The Balaban J connectivity index is 2.50. The largest absolute Gasteiger partial charge is 0.291 e. The van der Waals surface area contributed by atoms with E-state index in [1.807, 2.05) is 18.2 Å². The number of hydrogen-bond donors (Lipinski definition) is 0. The minimum absolute atomic E-state index is 0.0217. The van der Waals surface area contributed by atoms with Gasteiger partial charge in [-0.25, -0.2) is 0 Å². The van der Waals surface area contributed by atoms with Crippen molar-refractivity contribution in [3.8, 4) is 0 Å². The zero-order chi connectivity index (χ0) is 8.81. The summed E-state index contributed by atoms with van der Waals surface area (Å²) in [5.74, 6) is 0.0217. The number of carbonyl (C=O) groups is 1. The van der Waals surface area contributed by atoms with Gasteiger partial charge in [-0.3, -0.25) is 9.36 Å². The normalized spacial score (nSPS) is 10.8. The molecule has 0 aliphatic carbocycles. The molecule has 0 saturated heterocycles. The number of unbranched alkanes of at least 4 members (excludes halogenated alkanes) is 1. The molecule has 0 N–H and O–H groups in total. The zero-order valence-corrected chi connectivity index (χ0v) is 7.23. The molecular formula is C10H13NO. The summed E-state index contributed by atoms with van der Waals surface area (Å²) in [6.45, 7) is 2.09. The fourth-order valence-corrected chi connectivity index (χ4v) is 0.918. The molecule has 2 nitrogen and oxygen atoms in total. The maximum absolute atomic E-state index is 11.3. The Bertz CT molecular complexity index is 259. The number of nitrogens with zero attached hydrogens (tertiary/aromatic N) is 1. The van der Waals surface area contributed by atoms with Gasteiger partial charge in [-0.15, -0.1) is 0 Å². The first-order valence-electron chi connectivity index (χ1n) is 4.18. The average molecular weight is 163 g/mol. The molecule has 0 unspecified atom stereocenters. The minimum Gasteiger partial charge on any atom is -0.291 e. The molecule has 1 aromatic rings. The molecule has 2 heteroatoms. The molecule has 1 aromatic heterocycles. The predicted molar refractivity (Wildman–Crippen MR) is 49.1 cm³/mol. The second kappa shape index (κ2) is 4.54. The van der Waals surface area contributed by atoms with Gasteiger partial charge in [-0.2, -0.15) is 0 Å². The van der Waals surface area contributed by atoms with Crippen LogP contribution in [0.5, 0.6) is 0 Å². The van der Waals surface area contributed by atoms with Crippen molar-refractivity contribution in [1.82, 2.24) is 4.57 Å². The second-order valence-corrected chi connectivity index (χ2v) is 2.62. The summed E-state index contributed by atoms with van der Waals surface area (Å²) in [5, 5.41) is 0. The summed E-state index contributed by atoms with van der Waals surface area (Å²) in [5.41, 5.74) is 0. The predicted octanol–water partition coefficient (Wildman–Crippen LogP) is 2.48. The Kier molecular flexibility index (Phi) is 3.33. The van der Waals surface area contributed by atoms with E-state index in [-0.39, 0.29) is 5.91 Å². The van der Waals surface area contributed by atoms with Crippen molar-refractivity contribution < 1.29 is 4.79 Å². The van der Waals surface area contributed by atoms with E-state index in [9.17, 15) is 4.79 Å². The van der Waals surface area contributed by atoms with Crippen molar-refractivity contribution in [2.45, 2.75) is 19.8 Å². The van der Waals surface area contributed by atoms with Crippen molar-refractivity contribution >= 4 is 5.91 Å². The number of allylic oxidation sites excluding steroid dienone is 2. The van der Waals surface area contributed by atoms with Crippen molar-refractivity contribution in [1.29, 1.82) is 0 Å². The Morgan fingerprint density at radius 2 is 2.08 bits per heavy atom. The number of hydrogen-bond acceptors (Lipinski definition) is 1. The molecule has 0 fully saturated rings. The van der Waals surface area contributed by atoms with Crippen molar-refractivity contribution in [2.24, 2.45) is 0 Å². The van der Waals surface area contributed by atoms with Crippen LogP contribution in [0.4, 0.5) is 0 Å². The molecular weight excluding hydrogens is 150 g/mol. The Labute approximate surface area is 72.5 Å². The molecule has 64 valence electrons. The van der Waals surface area contributed by atoms with E-state index in [1.54, 1.807) is 23.0 Å². The van der Waals surface area contributed by atoms with Gasteiger partial charge < -0.3 is 0 Å². The highest BCUT2D eigenvalue weighted by atomic mass is 16.1. The summed E-state index contributed by atoms with van der Waals surface area (Å²) < 4.78 is 1.56. The van der Waals surface area contributed by atoms with E-state index in [2.05, 4.69) is 6.92 Å². The van der Waals surface area contributed by atoms with Gasteiger partial charge in [-0.1, -0.05) is 19.4 Å². The molecule has 0 aliphatic rings. The molecule has 0 aliphatic heterocycles. The van der Waals surface area contributed by atoms with Crippen LogP contribution in [-0.4, -0.2) is 10.5 Å². The van der Waals surface area contributed by atoms with E-state index >= 15 is 0 Å². The van der Waals surface area contributed by atoms with Gasteiger partial charge >= 0.3 is 0 Å². The topological polar surface area (TPSA) is 22.0 Å². The standard InChI is InChI=1S/C10H13NO/c1-2-3-4-7-10(12)11-8-5-6-9-11/h4-9H,2-3H2,1H3/b7-4+. The zero-order valence-electron chi connectivity index (χ0n) is 7.23. The van der Waals surface area contributed by atoms with Gasteiger partial charge in [0.15, 0.2) is 0 Å². The van der Waals surface area contributed by atoms with Crippen molar-refractivity contribution in [3.05, 3.63) is 36.7 Å². The van der Waals surface area contributed by atoms with Crippen LogP contribution >= 0.6 is 0 Å². The maximum Gasteiger partial charge on any atom is 0.254 e. The van der Waals surface area contributed by atoms with Gasteiger partial charge in [-0.05, 0) is 24.6 Å². The molecule has 0 saturated carbocycles. The van der Waals surface area contributed by atoms with E-state index < -0.39 is 0 Å². The Morgan fingerprint density at radius 3 is 2.67 bits per heavy atom. The van der Waals surface area contributed by atoms with Gasteiger partial charge in [0.25, 0.3) is 5.91 Å². The number of aromatic nitrogens is 1. The van der Waals surface area contributed by atoms with Crippen LogP contribution in [0.3, 0.4) is 0 Å². The van der Waals surface area contributed by atoms with Gasteiger partial charge in [0.2, 0.25) is 0 Å².